The number of amides is 3. The molecule has 0 radical (unpaired) electrons. The maximum atomic E-state index is 14.2. The molecule has 0 aliphatic rings. The first kappa shape index (κ1) is 58.3. The van der Waals surface area contributed by atoms with Crippen LogP contribution in [0.2, 0.25) is 0 Å². The molecule has 0 spiro atoms. The molecule has 9 aromatic rings. The standard InChI is InChI=1S/C18H22N6O.C17H16F4N6O.C17H17F3N6O.7H2/c1-5-24(4)17(25)18(2,3)23-14-8-10-20-16(22-14)13-11-21-15-12(13)7-6-9-19-15;1-16(2,15(28)25-8-17(19,20)21)27-14-11(18)7-24-13(26-14)10-6-23-12-9(10)4-3-5-22-12;1-17(2,16(27)24-8-12(19)20)26-15-11(18)7-23-14(25-15)10-6-22-13-9(10)4-3-5-21-13;;;;;;;/h6-11H,5H2,1-4H3,(H,19,21)(H,20,22,23);3-7H,8H2,1-2H3,(H,22,23)(H,25,28)(H,24,26,27);3-7,12H,8H2,1-2H3,(H,21,22)(H,24,27)(H,23,25,26);7*1H. The van der Waals surface area contributed by atoms with Crippen LogP contribution >= 0.6 is 0 Å². The summed E-state index contributed by atoms with van der Waals surface area (Å²) in [6.45, 7) is 9.52. The van der Waals surface area contributed by atoms with E-state index in [1.165, 1.54) is 27.7 Å². The molecular formula is C52H69F7N18O3. The number of hydrogen-bond acceptors (Lipinski definition) is 15. The number of pyridine rings is 3. The van der Waals surface area contributed by atoms with Crippen molar-refractivity contribution in [1.82, 2.24) is 75.3 Å². The van der Waals surface area contributed by atoms with Crippen LogP contribution in [-0.2, 0) is 14.4 Å². The fraction of sp³-hybridized carbons (Fsp3) is 0.308. The van der Waals surface area contributed by atoms with Crippen LogP contribution in [0.15, 0.2) is 98.2 Å². The molecule has 9 aromatic heterocycles. The number of carbonyl (C=O) groups is 3. The van der Waals surface area contributed by atoms with Crippen LogP contribution in [0.5, 0.6) is 0 Å². The van der Waals surface area contributed by atoms with Gasteiger partial charge in [0.25, 0.3) is 6.43 Å². The minimum Gasteiger partial charge on any atom is -0.356 e. The molecule has 0 saturated heterocycles. The molecule has 28 heteroatoms. The Bertz CT molecular complexity index is 3670. The third-order valence-corrected chi connectivity index (χ3v) is 11.9. The molecule has 80 heavy (non-hydrogen) atoms. The molecule has 3 amide bonds. The van der Waals surface area contributed by atoms with Crippen molar-refractivity contribution in [2.75, 3.05) is 42.6 Å². The largest absolute Gasteiger partial charge is 0.405 e. The fourth-order valence-corrected chi connectivity index (χ4v) is 7.64. The van der Waals surface area contributed by atoms with E-state index >= 15 is 0 Å². The Labute approximate surface area is 462 Å². The van der Waals surface area contributed by atoms with Gasteiger partial charge in [0, 0.05) is 99.8 Å². The van der Waals surface area contributed by atoms with E-state index in [1.54, 1.807) is 78.7 Å². The van der Waals surface area contributed by atoms with Crippen molar-refractivity contribution in [2.45, 2.75) is 77.7 Å². The summed E-state index contributed by atoms with van der Waals surface area (Å²) >= 11 is 0. The van der Waals surface area contributed by atoms with Gasteiger partial charge < -0.3 is 46.4 Å². The van der Waals surface area contributed by atoms with Crippen molar-refractivity contribution in [2.24, 2.45) is 0 Å². The number of rotatable bonds is 16. The van der Waals surface area contributed by atoms with E-state index < -0.39 is 65.8 Å². The van der Waals surface area contributed by atoms with E-state index in [0.29, 0.717) is 46.0 Å². The van der Waals surface area contributed by atoms with Gasteiger partial charge in [0.1, 0.15) is 45.9 Å². The number of aromatic nitrogens is 12. The normalized spacial score (nSPS) is 11.8. The molecule has 0 aliphatic carbocycles. The third-order valence-electron chi connectivity index (χ3n) is 11.9. The second-order valence-corrected chi connectivity index (χ2v) is 19.3. The Kier molecular flexibility index (Phi) is 17.6. The highest BCUT2D eigenvalue weighted by molar-refractivity contribution is 5.94. The first-order chi connectivity index (χ1) is 37.8. The molecule has 9 heterocycles. The van der Waals surface area contributed by atoms with Crippen LogP contribution in [-0.4, -0.2) is 138 Å². The Hall–Kier alpha value is -9.37. The van der Waals surface area contributed by atoms with Gasteiger partial charge >= 0.3 is 6.18 Å². The lowest BCUT2D eigenvalue weighted by molar-refractivity contribution is -0.140. The highest BCUT2D eigenvalue weighted by atomic mass is 19.4. The lowest BCUT2D eigenvalue weighted by Gasteiger charge is -2.30. The predicted molar refractivity (Wildman–Crippen MR) is 301 cm³/mol. The lowest BCUT2D eigenvalue weighted by Crippen LogP contribution is -2.50. The van der Waals surface area contributed by atoms with Gasteiger partial charge in [-0.2, -0.15) is 13.2 Å². The number of alkyl halides is 5. The molecule has 8 N–H and O–H groups in total. The zero-order valence-electron chi connectivity index (χ0n) is 44.3. The maximum absolute atomic E-state index is 14.2. The average molecular weight is 1130 g/mol. The van der Waals surface area contributed by atoms with Crippen molar-refractivity contribution >= 4 is 68.3 Å². The van der Waals surface area contributed by atoms with E-state index in [-0.39, 0.29) is 39.2 Å². The summed E-state index contributed by atoms with van der Waals surface area (Å²) in [6.07, 6.45) is 6.42. The molecule has 0 saturated carbocycles. The van der Waals surface area contributed by atoms with Crippen molar-refractivity contribution in [3.63, 3.8) is 0 Å². The quantitative estimate of drug-likeness (QED) is 0.0418. The summed E-state index contributed by atoms with van der Waals surface area (Å²) in [5.41, 5.74) is 0.363. The molecular weight excluding hydrogens is 1060 g/mol. The van der Waals surface area contributed by atoms with Crippen LogP contribution in [0.3, 0.4) is 0 Å². The van der Waals surface area contributed by atoms with Crippen molar-refractivity contribution < 1.29 is 55.1 Å². The van der Waals surface area contributed by atoms with Gasteiger partial charge in [-0.3, -0.25) is 14.4 Å². The first-order valence-electron chi connectivity index (χ1n) is 24.4. The predicted octanol–water partition coefficient (Wildman–Crippen LogP) is 10.2. The fourth-order valence-electron chi connectivity index (χ4n) is 7.64. The Morgan fingerprint density at radius 2 is 1.01 bits per heavy atom. The number of carbonyl (C=O) groups excluding carboxylic acids is 3. The van der Waals surface area contributed by atoms with E-state index in [4.69, 9.17) is 0 Å². The lowest BCUT2D eigenvalue weighted by atomic mass is 10.0. The molecule has 0 aliphatic heterocycles. The first-order valence-corrected chi connectivity index (χ1v) is 24.4. The molecule has 0 unspecified atom stereocenters. The van der Waals surface area contributed by atoms with Gasteiger partial charge in [0.2, 0.25) is 17.7 Å². The number of halogens is 7. The molecule has 0 atom stereocenters. The van der Waals surface area contributed by atoms with Crippen LogP contribution < -0.4 is 26.6 Å². The number of hydrogen-bond donors (Lipinski definition) is 8. The number of likely N-dealkylation sites (N-methyl/N-ethyl adjacent to an activating group) is 1. The molecule has 0 fully saturated rings. The molecule has 21 nitrogen and oxygen atoms in total. The zero-order chi connectivity index (χ0) is 58.2. The van der Waals surface area contributed by atoms with Gasteiger partial charge in [-0.15, -0.1) is 0 Å². The van der Waals surface area contributed by atoms with E-state index in [0.717, 1.165) is 34.4 Å². The summed E-state index contributed by atoms with van der Waals surface area (Å²) in [5.74, 6) is -2.24. The summed E-state index contributed by atoms with van der Waals surface area (Å²) in [4.78, 5) is 85.1. The smallest absolute Gasteiger partial charge is 0.356 e. The Morgan fingerprint density at radius 1 is 0.588 bits per heavy atom. The van der Waals surface area contributed by atoms with Gasteiger partial charge in [0.05, 0.1) is 18.9 Å². The number of fused-ring (bicyclic) bond motifs is 3. The summed E-state index contributed by atoms with van der Waals surface area (Å²) in [6, 6.07) is 12.7. The molecule has 0 aromatic carbocycles. The minimum absolute atomic E-state index is 0. The van der Waals surface area contributed by atoms with Gasteiger partial charge in [-0.1, -0.05) is 0 Å². The maximum Gasteiger partial charge on any atom is 0.405 e. The van der Waals surface area contributed by atoms with E-state index in [1.807, 2.05) is 45.2 Å². The Balaban J connectivity index is 0.00000123. The van der Waals surface area contributed by atoms with Crippen LogP contribution in [0.25, 0.3) is 67.3 Å². The van der Waals surface area contributed by atoms with Crippen molar-refractivity contribution in [3.05, 3.63) is 110 Å². The molecule has 9 rings (SSSR count). The summed E-state index contributed by atoms with van der Waals surface area (Å²) in [7, 11) is 1.79. The second kappa shape index (κ2) is 24.1. The highest BCUT2D eigenvalue weighted by Gasteiger charge is 2.35. The second-order valence-electron chi connectivity index (χ2n) is 19.3. The van der Waals surface area contributed by atoms with E-state index in [9.17, 15) is 45.1 Å². The van der Waals surface area contributed by atoms with Crippen LogP contribution in [0, 0.1) is 11.6 Å². The van der Waals surface area contributed by atoms with Gasteiger partial charge in [-0.25, -0.2) is 62.4 Å². The average Bonchev–Trinajstić information content (AvgIpc) is 2.54. The number of nitrogens with one attached hydrogen (secondary N) is 8. The zero-order valence-corrected chi connectivity index (χ0v) is 44.3. The van der Waals surface area contributed by atoms with Crippen molar-refractivity contribution in [1.29, 1.82) is 0 Å². The number of nitrogens with zero attached hydrogens (tertiary/aromatic N) is 10. The topological polar surface area (TPSA) is 278 Å². The van der Waals surface area contributed by atoms with Gasteiger partial charge in [0.15, 0.2) is 40.7 Å². The minimum atomic E-state index is -4.55. The van der Waals surface area contributed by atoms with Crippen LogP contribution in [0.1, 0.15) is 58.5 Å². The van der Waals surface area contributed by atoms with E-state index in [2.05, 4.69) is 81.1 Å². The third kappa shape index (κ3) is 14.2. The summed E-state index contributed by atoms with van der Waals surface area (Å²) in [5, 5.41) is 14.7. The number of H-pyrrole nitrogens is 3. The Morgan fingerprint density at radius 3 is 1.43 bits per heavy atom. The highest BCUT2D eigenvalue weighted by Crippen LogP contribution is 2.30. The monoisotopic (exact) mass is 1130 g/mol. The number of anilines is 3. The summed E-state index contributed by atoms with van der Waals surface area (Å²) < 4.78 is 89.9. The van der Waals surface area contributed by atoms with Crippen LogP contribution in [0.4, 0.5) is 48.2 Å². The molecule has 434 valence electrons. The molecule has 0 bridgehead atoms. The number of aromatic amines is 3. The van der Waals surface area contributed by atoms with Crippen molar-refractivity contribution in [3.8, 4) is 34.2 Å². The SMILES string of the molecule is CC(C)(Nc1nc(-c2c[nH]c3ncccc23)ncc1F)C(=O)NCC(F)(F)F.CC(C)(Nc1nc(-c2c[nH]c3ncccc23)ncc1F)C(=O)NCC(F)F.CCN(C)C(=O)C(C)(C)Nc1ccnc(-c2c[nH]c3ncccc23)n1.[HH].[HH].[HH].[HH].[HH].[HH].[HH]. The van der Waals surface area contributed by atoms with Gasteiger partial charge in [-0.05, 0) is 90.9 Å².